The molecule has 1 aliphatic rings. The Kier molecular flexibility index (Phi) is 10.0. The standard InChI is InChI=1S/C35H37F3N2O6S/c1-22-30(45-2)18-27(19-31(22)46-3)34(42)28(16-24-14-25-8-4-5-9-26(25)15-24)21-40-13-12-23(20-40)17-33(41)39-47(43,44)32-11-7-6-10-29(32)35(36,37)38/h4-13,18-20,24,28,34,42H,14-17,21H2,1-3H3,(H,39,41)/t28-,34-/m1/s1. The molecule has 1 amide bonds. The first kappa shape index (κ1) is 34.1. The SMILES string of the molecule is COc1cc([C@@H](O)[C@H](CC2Cc3ccccc3C2)Cn2ccc(CC(=O)NS(=O)(=O)c3ccccc3C(F)(F)F)c2)cc(OC)c1C. The largest absolute Gasteiger partial charge is 0.496 e. The van der Waals surface area contributed by atoms with Gasteiger partial charge in [0.05, 0.1) is 37.2 Å². The Labute approximate surface area is 272 Å². The average Bonchev–Trinajstić information content (AvgIpc) is 3.65. The summed E-state index contributed by atoms with van der Waals surface area (Å²) in [5.74, 6) is 0.241. The van der Waals surface area contributed by atoms with Gasteiger partial charge in [0.2, 0.25) is 5.91 Å². The number of aromatic nitrogens is 1. The molecule has 8 nitrogen and oxygen atoms in total. The predicted octanol–water partition coefficient (Wildman–Crippen LogP) is 6.04. The number of hydrogen-bond donors (Lipinski definition) is 2. The summed E-state index contributed by atoms with van der Waals surface area (Å²) >= 11 is 0. The third-order valence-electron chi connectivity index (χ3n) is 8.69. The number of benzene rings is 3. The highest BCUT2D eigenvalue weighted by Gasteiger charge is 2.37. The maximum absolute atomic E-state index is 13.4. The van der Waals surface area contributed by atoms with E-state index >= 15 is 0 Å². The van der Waals surface area contributed by atoms with Crippen LogP contribution in [-0.4, -0.2) is 38.2 Å². The molecule has 0 aliphatic heterocycles. The van der Waals surface area contributed by atoms with Crippen molar-refractivity contribution in [1.29, 1.82) is 0 Å². The molecule has 0 saturated carbocycles. The number of halogens is 3. The summed E-state index contributed by atoms with van der Waals surface area (Å²) in [7, 11) is -1.66. The highest BCUT2D eigenvalue weighted by atomic mass is 32.2. The Balaban J connectivity index is 1.34. The van der Waals surface area contributed by atoms with Gasteiger partial charge in [-0.25, -0.2) is 13.1 Å². The van der Waals surface area contributed by atoms with E-state index in [4.69, 9.17) is 9.47 Å². The first-order valence-corrected chi connectivity index (χ1v) is 16.6. The van der Waals surface area contributed by atoms with E-state index < -0.39 is 38.7 Å². The monoisotopic (exact) mass is 670 g/mol. The van der Waals surface area contributed by atoms with Gasteiger partial charge in [-0.2, -0.15) is 13.2 Å². The van der Waals surface area contributed by atoms with Gasteiger partial charge in [0.15, 0.2) is 0 Å². The van der Waals surface area contributed by atoms with Crippen LogP contribution in [0, 0.1) is 18.8 Å². The Morgan fingerprint density at radius 3 is 2.19 bits per heavy atom. The number of alkyl halides is 3. The Bertz CT molecular complexity index is 1800. The van der Waals surface area contributed by atoms with E-state index in [1.54, 1.807) is 37.4 Å². The fourth-order valence-corrected chi connectivity index (χ4v) is 7.65. The minimum Gasteiger partial charge on any atom is -0.496 e. The van der Waals surface area contributed by atoms with Crippen LogP contribution in [0.4, 0.5) is 13.2 Å². The molecule has 3 aromatic carbocycles. The lowest BCUT2D eigenvalue weighted by atomic mass is 9.85. The second-order valence-corrected chi connectivity index (χ2v) is 13.6. The van der Waals surface area contributed by atoms with Gasteiger partial charge in [0, 0.05) is 30.4 Å². The van der Waals surface area contributed by atoms with Crippen LogP contribution >= 0.6 is 0 Å². The van der Waals surface area contributed by atoms with Crippen molar-refractivity contribution >= 4 is 15.9 Å². The summed E-state index contributed by atoms with van der Waals surface area (Å²) in [5.41, 5.74) is 3.15. The number of hydrogen-bond acceptors (Lipinski definition) is 6. The van der Waals surface area contributed by atoms with Crippen LogP contribution < -0.4 is 14.2 Å². The lowest BCUT2D eigenvalue weighted by molar-refractivity contribution is -0.140. The summed E-state index contributed by atoms with van der Waals surface area (Å²) in [4.78, 5) is 11.7. The van der Waals surface area contributed by atoms with Gasteiger partial charge in [-0.3, -0.25) is 4.79 Å². The number of nitrogens with one attached hydrogen (secondary N) is 1. The molecule has 0 spiro atoms. The number of ether oxygens (including phenoxy) is 2. The molecule has 0 saturated heterocycles. The van der Waals surface area contributed by atoms with Gasteiger partial charge in [0.1, 0.15) is 11.5 Å². The molecule has 1 aromatic heterocycles. The first-order valence-electron chi connectivity index (χ1n) is 15.1. The van der Waals surface area contributed by atoms with Gasteiger partial charge < -0.3 is 19.1 Å². The lowest BCUT2D eigenvalue weighted by Crippen LogP contribution is -2.33. The third kappa shape index (κ3) is 7.82. The number of nitrogens with zero attached hydrogens (tertiary/aromatic N) is 1. The fourth-order valence-electron chi connectivity index (χ4n) is 6.44. The molecule has 47 heavy (non-hydrogen) atoms. The van der Waals surface area contributed by atoms with Gasteiger partial charge in [-0.05, 0) is 84.7 Å². The second-order valence-electron chi connectivity index (χ2n) is 11.9. The molecule has 1 aliphatic carbocycles. The van der Waals surface area contributed by atoms with E-state index in [1.807, 2.05) is 35.8 Å². The molecule has 1 heterocycles. The normalized spacial score (nSPS) is 14.8. The van der Waals surface area contributed by atoms with E-state index in [9.17, 15) is 31.5 Å². The zero-order valence-corrected chi connectivity index (χ0v) is 27.1. The van der Waals surface area contributed by atoms with Crippen molar-refractivity contribution in [1.82, 2.24) is 9.29 Å². The van der Waals surface area contributed by atoms with Crippen LogP contribution in [0.2, 0.25) is 0 Å². The molecule has 0 bridgehead atoms. The van der Waals surface area contributed by atoms with Crippen LogP contribution in [0.1, 0.15) is 45.9 Å². The summed E-state index contributed by atoms with van der Waals surface area (Å²) in [6.45, 7) is 2.25. The smallest absolute Gasteiger partial charge is 0.417 e. The van der Waals surface area contributed by atoms with Crippen molar-refractivity contribution in [2.45, 2.75) is 56.3 Å². The molecule has 12 heteroatoms. The number of methoxy groups -OCH3 is 2. The Hall–Kier alpha value is -4.29. The van der Waals surface area contributed by atoms with Gasteiger partial charge in [-0.15, -0.1) is 0 Å². The number of carbonyl (C=O) groups excluding carboxylic acids is 1. The zero-order chi connectivity index (χ0) is 33.9. The van der Waals surface area contributed by atoms with E-state index in [0.29, 0.717) is 47.6 Å². The van der Waals surface area contributed by atoms with Crippen molar-refractivity contribution in [2.24, 2.45) is 11.8 Å². The third-order valence-corrected chi connectivity index (χ3v) is 10.1. The van der Waals surface area contributed by atoms with E-state index in [1.165, 1.54) is 11.1 Å². The van der Waals surface area contributed by atoms with Crippen LogP contribution in [0.15, 0.2) is 84.0 Å². The maximum Gasteiger partial charge on any atom is 0.417 e. The van der Waals surface area contributed by atoms with Crippen LogP contribution in [-0.2, 0) is 46.8 Å². The second kappa shape index (κ2) is 13.8. The number of rotatable bonds is 12. The Morgan fingerprint density at radius 1 is 1.00 bits per heavy atom. The van der Waals surface area contributed by atoms with E-state index in [0.717, 1.165) is 36.6 Å². The topological polar surface area (TPSA) is 107 Å². The van der Waals surface area contributed by atoms with Crippen molar-refractivity contribution in [2.75, 3.05) is 14.2 Å². The van der Waals surface area contributed by atoms with Crippen molar-refractivity contribution < 1.29 is 41.0 Å². The summed E-state index contributed by atoms with van der Waals surface area (Å²) < 4.78 is 80.4. The average molecular weight is 671 g/mol. The molecule has 250 valence electrons. The molecule has 0 unspecified atom stereocenters. The van der Waals surface area contributed by atoms with Crippen molar-refractivity contribution in [3.8, 4) is 11.5 Å². The minimum atomic E-state index is -4.91. The van der Waals surface area contributed by atoms with Gasteiger partial charge in [0.25, 0.3) is 10.0 Å². The summed E-state index contributed by atoms with van der Waals surface area (Å²) in [6.07, 6.45) is -0.299. The van der Waals surface area contributed by atoms with Gasteiger partial charge in [-0.1, -0.05) is 36.4 Å². The van der Waals surface area contributed by atoms with E-state index in [-0.39, 0.29) is 12.3 Å². The Morgan fingerprint density at radius 2 is 1.60 bits per heavy atom. The first-order chi connectivity index (χ1) is 22.3. The van der Waals surface area contributed by atoms with Crippen molar-refractivity contribution in [3.63, 3.8) is 0 Å². The number of aliphatic hydroxyl groups excluding tert-OH is 1. The molecule has 0 radical (unpaired) electrons. The van der Waals surface area contributed by atoms with Crippen LogP contribution in [0.3, 0.4) is 0 Å². The molecule has 2 N–H and O–H groups in total. The van der Waals surface area contributed by atoms with Crippen LogP contribution in [0.5, 0.6) is 11.5 Å². The predicted molar refractivity (Wildman–Crippen MR) is 170 cm³/mol. The highest BCUT2D eigenvalue weighted by Crippen LogP contribution is 2.39. The fraction of sp³-hybridized carbons (Fsp3) is 0.343. The number of sulfonamides is 1. The molecule has 2 atom stereocenters. The highest BCUT2D eigenvalue weighted by molar-refractivity contribution is 7.90. The summed E-state index contributed by atoms with van der Waals surface area (Å²) in [6, 6.07) is 17.3. The molecule has 0 fully saturated rings. The van der Waals surface area contributed by atoms with Crippen molar-refractivity contribution in [3.05, 3.63) is 113 Å². The number of carbonyl (C=O) groups is 1. The summed E-state index contributed by atoms with van der Waals surface area (Å²) in [5, 5.41) is 11.8. The van der Waals surface area contributed by atoms with Gasteiger partial charge >= 0.3 is 6.18 Å². The maximum atomic E-state index is 13.4. The lowest BCUT2D eigenvalue weighted by Gasteiger charge is -2.27. The number of amides is 1. The van der Waals surface area contributed by atoms with E-state index in [2.05, 4.69) is 12.1 Å². The number of fused-ring (bicyclic) bond motifs is 1. The zero-order valence-electron chi connectivity index (χ0n) is 26.3. The van der Waals surface area contributed by atoms with Crippen LogP contribution in [0.25, 0.3) is 0 Å². The quantitative estimate of drug-likeness (QED) is 0.191. The molecular weight excluding hydrogens is 633 g/mol. The molecule has 5 rings (SSSR count). The number of aliphatic hydroxyl groups is 1. The molecule has 4 aromatic rings. The molecular formula is C35H37F3N2O6S. The minimum absolute atomic E-state index is 0.264.